The second-order valence-electron chi connectivity index (χ2n) is 4.07. The lowest BCUT2D eigenvalue weighted by Gasteiger charge is -2.12. The number of rotatable bonds is 4. The van der Waals surface area contributed by atoms with Gasteiger partial charge >= 0.3 is 5.97 Å². The molecule has 20 heavy (non-hydrogen) atoms. The molecule has 5 nitrogen and oxygen atoms in total. The van der Waals surface area contributed by atoms with Crippen LogP contribution < -0.4 is 4.74 Å². The number of aliphatic hydroxyl groups excluding tert-OH is 1. The van der Waals surface area contributed by atoms with E-state index in [4.69, 9.17) is 14.6 Å². The Kier molecular flexibility index (Phi) is 4.32. The summed E-state index contributed by atoms with van der Waals surface area (Å²) in [5.74, 6) is 0.152. The zero-order valence-corrected chi connectivity index (χ0v) is 11.3. The quantitative estimate of drug-likeness (QED) is 0.863. The summed E-state index contributed by atoms with van der Waals surface area (Å²) < 4.78 is 10.1. The highest BCUT2D eigenvalue weighted by molar-refractivity contribution is 5.98. The number of benzene rings is 1. The lowest BCUT2D eigenvalue weighted by Crippen LogP contribution is -2.06. The normalized spacial score (nSPS) is 10.2. The first kappa shape index (κ1) is 14.0. The van der Waals surface area contributed by atoms with Crippen LogP contribution >= 0.6 is 0 Å². The van der Waals surface area contributed by atoms with Gasteiger partial charge in [-0.25, -0.2) is 4.79 Å². The summed E-state index contributed by atoms with van der Waals surface area (Å²) in [7, 11) is 2.87. The molecule has 0 aliphatic carbocycles. The van der Waals surface area contributed by atoms with Gasteiger partial charge in [0.25, 0.3) is 0 Å². The monoisotopic (exact) mass is 273 g/mol. The van der Waals surface area contributed by atoms with E-state index in [0.717, 1.165) is 5.56 Å². The molecule has 0 radical (unpaired) electrons. The molecule has 104 valence electrons. The molecule has 2 aromatic rings. The predicted octanol–water partition coefficient (Wildman–Crippen LogP) is 2.04. The molecule has 2 rings (SSSR count). The molecule has 0 saturated heterocycles. The van der Waals surface area contributed by atoms with Gasteiger partial charge in [-0.1, -0.05) is 18.2 Å². The van der Waals surface area contributed by atoms with Crippen LogP contribution in [-0.4, -0.2) is 30.3 Å². The second-order valence-corrected chi connectivity index (χ2v) is 4.07. The zero-order valence-electron chi connectivity index (χ0n) is 11.3. The number of carbonyl (C=O) groups is 1. The number of aromatic nitrogens is 1. The molecule has 0 amide bonds. The van der Waals surface area contributed by atoms with Gasteiger partial charge in [-0.05, 0) is 12.1 Å². The van der Waals surface area contributed by atoms with Gasteiger partial charge in [0, 0.05) is 17.3 Å². The van der Waals surface area contributed by atoms with E-state index in [0.29, 0.717) is 22.6 Å². The highest BCUT2D eigenvalue weighted by atomic mass is 16.5. The SMILES string of the molecule is COC(=O)c1cc(CO)ncc1-c1ccccc1OC. The van der Waals surface area contributed by atoms with Crippen molar-refractivity contribution in [3.63, 3.8) is 0 Å². The molecule has 0 atom stereocenters. The molecule has 1 aromatic heterocycles. The van der Waals surface area contributed by atoms with Crippen molar-refractivity contribution in [1.29, 1.82) is 0 Å². The van der Waals surface area contributed by atoms with Crippen LogP contribution in [0.3, 0.4) is 0 Å². The van der Waals surface area contributed by atoms with Crippen LogP contribution in [0.2, 0.25) is 0 Å². The van der Waals surface area contributed by atoms with Crippen molar-refractivity contribution in [2.75, 3.05) is 14.2 Å². The minimum atomic E-state index is -0.483. The number of pyridine rings is 1. The van der Waals surface area contributed by atoms with E-state index in [1.165, 1.54) is 19.4 Å². The van der Waals surface area contributed by atoms with Crippen molar-refractivity contribution in [2.45, 2.75) is 6.61 Å². The van der Waals surface area contributed by atoms with Crippen LogP contribution in [0.5, 0.6) is 5.75 Å². The van der Waals surface area contributed by atoms with E-state index >= 15 is 0 Å². The molecule has 1 heterocycles. The summed E-state index contributed by atoms with van der Waals surface area (Å²) in [6.45, 7) is -0.240. The number of hydrogen-bond acceptors (Lipinski definition) is 5. The first-order valence-electron chi connectivity index (χ1n) is 6.02. The highest BCUT2D eigenvalue weighted by Gasteiger charge is 2.17. The van der Waals surface area contributed by atoms with Gasteiger partial charge in [-0.3, -0.25) is 4.98 Å². The summed E-state index contributed by atoms with van der Waals surface area (Å²) in [5, 5.41) is 9.14. The molecular weight excluding hydrogens is 258 g/mol. The fourth-order valence-corrected chi connectivity index (χ4v) is 1.95. The Morgan fingerprint density at radius 1 is 1.25 bits per heavy atom. The number of esters is 1. The maximum Gasteiger partial charge on any atom is 0.338 e. The highest BCUT2D eigenvalue weighted by Crippen LogP contribution is 2.32. The predicted molar refractivity (Wildman–Crippen MR) is 73.5 cm³/mol. The smallest absolute Gasteiger partial charge is 0.338 e. The van der Waals surface area contributed by atoms with Crippen LogP contribution in [0.25, 0.3) is 11.1 Å². The maximum atomic E-state index is 11.9. The Labute approximate surface area is 116 Å². The van der Waals surface area contributed by atoms with Crippen molar-refractivity contribution in [3.05, 3.63) is 47.8 Å². The first-order valence-corrected chi connectivity index (χ1v) is 6.02. The second kappa shape index (κ2) is 6.16. The lowest BCUT2D eigenvalue weighted by molar-refractivity contribution is 0.0601. The minimum Gasteiger partial charge on any atom is -0.496 e. The van der Waals surface area contributed by atoms with Crippen LogP contribution in [-0.2, 0) is 11.3 Å². The van der Waals surface area contributed by atoms with Crippen molar-refractivity contribution in [3.8, 4) is 16.9 Å². The van der Waals surface area contributed by atoms with E-state index in [2.05, 4.69) is 4.98 Å². The molecule has 0 fully saturated rings. The van der Waals surface area contributed by atoms with Crippen LogP contribution in [0.1, 0.15) is 16.1 Å². The van der Waals surface area contributed by atoms with Gasteiger partial charge in [0.1, 0.15) is 5.75 Å². The number of carbonyl (C=O) groups excluding carboxylic acids is 1. The topological polar surface area (TPSA) is 68.7 Å². The third-order valence-corrected chi connectivity index (χ3v) is 2.93. The van der Waals surface area contributed by atoms with Crippen molar-refractivity contribution in [1.82, 2.24) is 4.98 Å². The number of para-hydroxylation sites is 1. The van der Waals surface area contributed by atoms with Gasteiger partial charge < -0.3 is 14.6 Å². The summed E-state index contributed by atoms with van der Waals surface area (Å²) in [5.41, 5.74) is 2.10. The third kappa shape index (κ3) is 2.62. The van der Waals surface area contributed by atoms with Gasteiger partial charge in [-0.15, -0.1) is 0 Å². The fourth-order valence-electron chi connectivity index (χ4n) is 1.95. The maximum absolute atomic E-state index is 11.9. The van der Waals surface area contributed by atoms with Crippen molar-refractivity contribution in [2.24, 2.45) is 0 Å². The molecule has 0 aliphatic heterocycles. The summed E-state index contributed by atoms with van der Waals surface area (Å²) in [4.78, 5) is 16.0. The fraction of sp³-hybridized carbons (Fsp3) is 0.200. The number of methoxy groups -OCH3 is 2. The molecule has 0 spiro atoms. The molecule has 1 N–H and O–H groups in total. The van der Waals surface area contributed by atoms with E-state index in [1.807, 2.05) is 18.2 Å². The Morgan fingerprint density at radius 2 is 2.00 bits per heavy atom. The number of nitrogens with zero attached hydrogens (tertiary/aromatic N) is 1. The van der Waals surface area contributed by atoms with Gasteiger partial charge in [0.2, 0.25) is 0 Å². The minimum absolute atomic E-state index is 0.240. The van der Waals surface area contributed by atoms with E-state index < -0.39 is 5.97 Å². The molecule has 1 aromatic carbocycles. The Hall–Kier alpha value is -2.40. The Morgan fingerprint density at radius 3 is 2.65 bits per heavy atom. The van der Waals surface area contributed by atoms with Gasteiger partial charge in [0.15, 0.2) is 0 Å². The average Bonchev–Trinajstić information content (AvgIpc) is 2.53. The first-order chi connectivity index (χ1) is 9.71. The Bertz CT molecular complexity index is 625. The van der Waals surface area contributed by atoms with Crippen LogP contribution in [0.4, 0.5) is 0 Å². The third-order valence-electron chi connectivity index (χ3n) is 2.93. The van der Waals surface area contributed by atoms with Crippen LogP contribution in [0.15, 0.2) is 36.5 Å². The molecule has 0 unspecified atom stereocenters. The molecular formula is C15H15NO4. The summed E-state index contributed by atoms with van der Waals surface area (Å²) in [6.07, 6.45) is 1.54. The standard InChI is InChI=1S/C15H15NO4/c1-19-14-6-4-3-5-11(14)13-8-16-10(9-17)7-12(13)15(18)20-2/h3-8,17H,9H2,1-2H3. The number of ether oxygens (including phenoxy) is 2. The zero-order chi connectivity index (χ0) is 14.5. The molecule has 0 aliphatic rings. The number of aliphatic hydroxyl groups is 1. The van der Waals surface area contributed by atoms with Crippen molar-refractivity contribution >= 4 is 5.97 Å². The van der Waals surface area contributed by atoms with Crippen molar-refractivity contribution < 1.29 is 19.4 Å². The summed E-state index contributed by atoms with van der Waals surface area (Å²) in [6, 6.07) is 8.85. The summed E-state index contributed by atoms with van der Waals surface area (Å²) >= 11 is 0. The van der Waals surface area contributed by atoms with E-state index in [1.54, 1.807) is 13.2 Å². The molecule has 0 saturated carbocycles. The molecule has 0 bridgehead atoms. The number of hydrogen-bond donors (Lipinski definition) is 1. The van der Waals surface area contributed by atoms with Gasteiger partial charge in [-0.2, -0.15) is 0 Å². The average molecular weight is 273 g/mol. The Balaban J connectivity index is 2.63. The van der Waals surface area contributed by atoms with Gasteiger partial charge in [0.05, 0.1) is 32.1 Å². The lowest BCUT2D eigenvalue weighted by atomic mass is 10.0. The molecule has 5 heteroatoms. The van der Waals surface area contributed by atoms with E-state index in [-0.39, 0.29) is 6.61 Å². The van der Waals surface area contributed by atoms with Crippen LogP contribution in [0, 0.1) is 0 Å². The van der Waals surface area contributed by atoms with E-state index in [9.17, 15) is 4.79 Å². The largest absolute Gasteiger partial charge is 0.496 e.